The van der Waals surface area contributed by atoms with Crippen LogP contribution in [-0.2, 0) is 16.1 Å². The van der Waals surface area contributed by atoms with Crippen molar-refractivity contribution in [3.05, 3.63) is 88.4 Å². The second-order valence-corrected chi connectivity index (χ2v) is 8.57. The van der Waals surface area contributed by atoms with Gasteiger partial charge in [-0.2, -0.15) is 0 Å². The van der Waals surface area contributed by atoms with E-state index in [1.807, 2.05) is 42.0 Å². The molecule has 3 aromatic rings. The van der Waals surface area contributed by atoms with Crippen LogP contribution in [0.5, 0.6) is 5.75 Å². The molecular formula is C25H24BrN3O4. The standard InChI is InChI=1S/C25H24BrN3O4/c1-2-33-20-10-6-17(7-11-20)22-21(23(30)18-4-8-19(26)9-5-18)24(31)25(32)29(22)14-3-13-28-15-12-27-16-28/h4-12,15-16,22,30H,2-3,13-14H2,1H3/b23-21+/t22-/m1/s1. The topological polar surface area (TPSA) is 84.7 Å². The third-order valence-electron chi connectivity index (χ3n) is 5.54. The molecule has 1 fully saturated rings. The fourth-order valence-electron chi connectivity index (χ4n) is 3.98. The number of carbonyl (C=O) groups excluding carboxylic acids is 2. The van der Waals surface area contributed by atoms with Crippen molar-refractivity contribution in [2.45, 2.75) is 25.9 Å². The molecule has 1 aliphatic rings. The summed E-state index contributed by atoms with van der Waals surface area (Å²) in [7, 11) is 0. The normalized spacial score (nSPS) is 17.5. The number of carbonyl (C=O) groups is 2. The molecule has 0 unspecified atom stereocenters. The van der Waals surface area contributed by atoms with Crippen LogP contribution in [0.4, 0.5) is 0 Å². The minimum absolute atomic E-state index is 0.0918. The quantitative estimate of drug-likeness (QED) is 0.273. The molecule has 0 saturated carbocycles. The molecule has 170 valence electrons. The number of aromatic nitrogens is 2. The Hall–Kier alpha value is -3.39. The van der Waals surface area contributed by atoms with Crippen molar-refractivity contribution >= 4 is 33.4 Å². The van der Waals surface area contributed by atoms with Crippen molar-refractivity contribution in [1.82, 2.24) is 14.5 Å². The molecule has 33 heavy (non-hydrogen) atoms. The first-order valence-electron chi connectivity index (χ1n) is 10.7. The van der Waals surface area contributed by atoms with E-state index >= 15 is 0 Å². The number of hydrogen-bond acceptors (Lipinski definition) is 5. The highest BCUT2D eigenvalue weighted by Crippen LogP contribution is 2.40. The Bertz CT molecular complexity index is 1160. The van der Waals surface area contributed by atoms with E-state index in [1.54, 1.807) is 41.7 Å². The first kappa shape index (κ1) is 22.8. The second-order valence-electron chi connectivity index (χ2n) is 7.66. The number of hydrogen-bond donors (Lipinski definition) is 1. The molecule has 2 aromatic carbocycles. The third kappa shape index (κ3) is 4.85. The minimum Gasteiger partial charge on any atom is -0.507 e. The van der Waals surface area contributed by atoms with E-state index in [-0.39, 0.29) is 11.3 Å². The van der Waals surface area contributed by atoms with E-state index in [1.165, 1.54) is 0 Å². The molecule has 1 aliphatic heterocycles. The van der Waals surface area contributed by atoms with Gasteiger partial charge in [0.2, 0.25) is 0 Å². The van der Waals surface area contributed by atoms with Crippen LogP contribution in [0.3, 0.4) is 0 Å². The van der Waals surface area contributed by atoms with Crippen molar-refractivity contribution in [2.24, 2.45) is 0 Å². The molecule has 1 saturated heterocycles. The zero-order valence-electron chi connectivity index (χ0n) is 18.1. The number of benzene rings is 2. The lowest BCUT2D eigenvalue weighted by Gasteiger charge is -2.25. The maximum absolute atomic E-state index is 13.1. The van der Waals surface area contributed by atoms with Crippen molar-refractivity contribution in [2.75, 3.05) is 13.2 Å². The molecule has 1 aromatic heterocycles. The lowest BCUT2D eigenvalue weighted by molar-refractivity contribution is -0.139. The van der Waals surface area contributed by atoms with Gasteiger partial charge in [-0.1, -0.05) is 40.2 Å². The number of Topliss-reactive ketones (excluding diaryl/α,β-unsaturated/α-hetero) is 1. The van der Waals surface area contributed by atoms with E-state index in [9.17, 15) is 14.7 Å². The summed E-state index contributed by atoms with van der Waals surface area (Å²) in [5, 5.41) is 11.1. The average Bonchev–Trinajstić information content (AvgIpc) is 3.42. The summed E-state index contributed by atoms with van der Waals surface area (Å²) in [6.45, 7) is 3.46. The molecule has 1 amide bonds. The Morgan fingerprint density at radius 2 is 1.82 bits per heavy atom. The zero-order chi connectivity index (χ0) is 23.4. The fraction of sp³-hybridized carbons (Fsp3) is 0.240. The summed E-state index contributed by atoms with van der Waals surface area (Å²) in [6, 6.07) is 13.6. The van der Waals surface area contributed by atoms with Crippen LogP contribution in [0.25, 0.3) is 5.76 Å². The first-order valence-corrected chi connectivity index (χ1v) is 11.5. The SMILES string of the molecule is CCOc1ccc([C@@H]2/C(=C(\O)c3ccc(Br)cc3)C(=O)C(=O)N2CCCn2ccnc2)cc1. The number of ketones is 1. The van der Waals surface area contributed by atoms with Gasteiger partial charge in [0.05, 0.1) is 24.5 Å². The van der Waals surface area contributed by atoms with Crippen molar-refractivity contribution in [3.8, 4) is 5.75 Å². The summed E-state index contributed by atoms with van der Waals surface area (Å²) in [5.41, 5.74) is 1.30. The Morgan fingerprint density at radius 1 is 1.09 bits per heavy atom. The highest BCUT2D eigenvalue weighted by Gasteiger charge is 2.45. The molecule has 0 aliphatic carbocycles. The number of aliphatic hydroxyl groups is 1. The molecule has 1 N–H and O–H groups in total. The number of likely N-dealkylation sites (tertiary alicyclic amines) is 1. The van der Waals surface area contributed by atoms with Crippen LogP contribution in [0.15, 0.2) is 77.3 Å². The smallest absolute Gasteiger partial charge is 0.295 e. The fourth-order valence-corrected chi connectivity index (χ4v) is 4.24. The molecule has 0 bridgehead atoms. The van der Waals surface area contributed by atoms with Gasteiger partial charge in [0, 0.05) is 35.5 Å². The number of aliphatic hydroxyl groups excluding tert-OH is 1. The molecule has 0 spiro atoms. The summed E-state index contributed by atoms with van der Waals surface area (Å²) in [5.74, 6) is -0.779. The Kier molecular flexibility index (Phi) is 6.93. The predicted octanol–water partition coefficient (Wildman–Crippen LogP) is 4.56. The largest absolute Gasteiger partial charge is 0.507 e. The monoisotopic (exact) mass is 509 g/mol. The number of nitrogens with zero attached hydrogens (tertiary/aromatic N) is 3. The summed E-state index contributed by atoms with van der Waals surface area (Å²) >= 11 is 3.38. The second kappa shape index (κ2) is 10.0. The summed E-state index contributed by atoms with van der Waals surface area (Å²) in [4.78, 5) is 31.7. The lowest BCUT2D eigenvalue weighted by Crippen LogP contribution is -2.31. The van der Waals surface area contributed by atoms with Gasteiger partial charge in [-0.3, -0.25) is 9.59 Å². The number of aryl methyl sites for hydroxylation is 1. The first-order chi connectivity index (χ1) is 16.0. The van der Waals surface area contributed by atoms with Gasteiger partial charge in [0.1, 0.15) is 11.5 Å². The van der Waals surface area contributed by atoms with Crippen LogP contribution >= 0.6 is 15.9 Å². The van der Waals surface area contributed by atoms with Gasteiger partial charge < -0.3 is 19.3 Å². The van der Waals surface area contributed by atoms with Crippen LogP contribution in [0, 0.1) is 0 Å². The minimum atomic E-state index is -0.688. The zero-order valence-corrected chi connectivity index (χ0v) is 19.7. The third-order valence-corrected chi connectivity index (χ3v) is 6.07. The van der Waals surface area contributed by atoms with Gasteiger partial charge in [-0.05, 0) is 43.2 Å². The van der Waals surface area contributed by atoms with Gasteiger partial charge >= 0.3 is 0 Å². The summed E-state index contributed by atoms with van der Waals surface area (Å²) in [6.07, 6.45) is 5.90. The lowest BCUT2D eigenvalue weighted by atomic mass is 9.95. The van der Waals surface area contributed by atoms with E-state index in [0.717, 1.165) is 10.0 Å². The number of imidazole rings is 1. The number of ether oxygens (including phenoxy) is 1. The van der Waals surface area contributed by atoms with E-state index in [4.69, 9.17) is 4.74 Å². The number of halogens is 1. The molecule has 8 heteroatoms. The average molecular weight is 510 g/mol. The molecule has 7 nitrogen and oxygen atoms in total. The maximum atomic E-state index is 13.1. The Balaban J connectivity index is 1.71. The highest BCUT2D eigenvalue weighted by molar-refractivity contribution is 9.10. The van der Waals surface area contributed by atoms with E-state index in [0.29, 0.717) is 37.4 Å². The molecule has 4 rings (SSSR count). The van der Waals surface area contributed by atoms with Gasteiger partial charge in [-0.25, -0.2) is 4.98 Å². The van der Waals surface area contributed by atoms with Crippen LogP contribution in [0.1, 0.15) is 30.5 Å². The van der Waals surface area contributed by atoms with Gasteiger partial charge in [0.25, 0.3) is 11.7 Å². The molecule has 0 radical (unpaired) electrons. The Labute approximate surface area is 200 Å². The Morgan fingerprint density at radius 3 is 2.45 bits per heavy atom. The highest BCUT2D eigenvalue weighted by atomic mass is 79.9. The molecule has 1 atom stereocenters. The van der Waals surface area contributed by atoms with E-state index in [2.05, 4.69) is 20.9 Å². The van der Waals surface area contributed by atoms with Crippen LogP contribution in [0.2, 0.25) is 0 Å². The maximum Gasteiger partial charge on any atom is 0.295 e. The van der Waals surface area contributed by atoms with Crippen LogP contribution < -0.4 is 4.74 Å². The summed E-state index contributed by atoms with van der Waals surface area (Å²) < 4.78 is 8.30. The van der Waals surface area contributed by atoms with Crippen molar-refractivity contribution < 1.29 is 19.4 Å². The molecular weight excluding hydrogens is 486 g/mol. The number of amides is 1. The number of rotatable bonds is 8. The van der Waals surface area contributed by atoms with Crippen molar-refractivity contribution in [3.63, 3.8) is 0 Å². The van der Waals surface area contributed by atoms with E-state index < -0.39 is 17.7 Å². The predicted molar refractivity (Wildman–Crippen MR) is 128 cm³/mol. The van der Waals surface area contributed by atoms with Crippen LogP contribution in [-0.4, -0.2) is 44.4 Å². The van der Waals surface area contributed by atoms with Crippen molar-refractivity contribution in [1.29, 1.82) is 0 Å². The molecule has 2 heterocycles. The van der Waals surface area contributed by atoms with Gasteiger partial charge in [0.15, 0.2) is 0 Å². The van der Waals surface area contributed by atoms with Gasteiger partial charge in [-0.15, -0.1) is 0 Å².